The van der Waals surface area contributed by atoms with Crippen LogP contribution in [-0.2, 0) is 21.8 Å². The van der Waals surface area contributed by atoms with E-state index >= 15 is 0 Å². The molecule has 0 aliphatic rings. The van der Waals surface area contributed by atoms with Gasteiger partial charge in [-0.2, -0.15) is 4.98 Å². The lowest BCUT2D eigenvalue weighted by atomic mass is 10.2. The van der Waals surface area contributed by atoms with Gasteiger partial charge in [0.15, 0.2) is 12.4 Å². The second-order valence-corrected chi connectivity index (χ2v) is 7.49. The van der Waals surface area contributed by atoms with Crippen molar-refractivity contribution < 1.29 is 23.2 Å². The van der Waals surface area contributed by atoms with Gasteiger partial charge < -0.3 is 14.2 Å². The lowest BCUT2D eigenvalue weighted by Crippen LogP contribution is -2.30. The molecular weight excluding hydrogens is 409 g/mol. The highest BCUT2D eigenvalue weighted by atomic mass is 32.2. The predicted octanol–water partition coefficient (Wildman–Crippen LogP) is 3.62. The van der Waals surface area contributed by atoms with Crippen molar-refractivity contribution in [3.05, 3.63) is 77.2 Å². The Bertz CT molecular complexity index is 1040. The molecule has 156 valence electrons. The third-order valence-electron chi connectivity index (χ3n) is 4.09. The summed E-state index contributed by atoms with van der Waals surface area (Å²) < 4.78 is 23.6. The van der Waals surface area contributed by atoms with Crippen LogP contribution >= 0.6 is 11.8 Å². The summed E-state index contributed by atoms with van der Waals surface area (Å²) in [5, 5.41) is 3.73. The molecule has 3 rings (SSSR count). The maximum absolute atomic E-state index is 13.3. The fourth-order valence-electron chi connectivity index (χ4n) is 2.61. The summed E-state index contributed by atoms with van der Waals surface area (Å²) in [6.07, 6.45) is 0. The van der Waals surface area contributed by atoms with E-state index in [0.717, 1.165) is 0 Å². The third kappa shape index (κ3) is 5.90. The Kier molecular flexibility index (Phi) is 7.18. The summed E-state index contributed by atoms with van der Waals surface area (Å²) in [5.41, 5.74) is 0.995. The second kappa shape index (κ2) is 10.0. The number of hydrogen-bond acceptors (Lipinski definition) is 7. The summed E-state index contributed by atoms with van der Waals surface area (Å²) in [5.74, 6) is 0.0328. The van der Waals surface area contributed by atoms with E-state index in [9.17, 15) is 14.0 Å². The normalized spacial score (nSPS) is 10.6. The van der Waals surface area contributed by atoms with Gasteiger partial charge in [0.1, 0.15) is 5.82 Å². The number of aromatic nitrogens is 2. The van der Waals surface area contributed by atoms with Crippen molar-refractivity contribution in [2.75, 3.05) is 13.7 Å². The molecule has 0 spiro atoms. The molecule has 1 heterocycles. The highest BCUT2D eigenvalue weighted by Crippen LogP contribution is 2.26. The molecule has 0 atom stereocenters. The van der Waals surface area contributed by atoms with Crippen LogP contribution < -0.4 is 0 Å². The molecule has 0 N–H and O–H groups in total. The predicted molar refractivity (Wildman–Crippen MR) is 108 cm³/mol. The Morgan fingerprint density at radius 3 is 2.73 bits per heavy atom. The number of esters is 1. The van der Waals surface area contributed by atoms with Crippen LogP contribution in [0.2, 0.25) is 0 Å². The van der Waals surface area contributed by atoms with Gasteiger partial charge >= 0.3 is 5.97 Å². The molecule has 7 nitrogen and oxygen atoms in total. The number of thioether (sulfide) groups is 1. The van der Waals surface area contributed by atoms with E-state index in [1.165, 1.54) is 28.8 Å². The first-order valence-corrected chi connectivity index (χ1v) is 10.1. The van der Waals surface area contributed by atoms with Crippen LogP contribution in [0.25, 0.3) is 0 Å². The number of halogens is 1. The van der Waals surface area contributed by atoms with E-state index in [1.807, 2.05) is 0 Å². The minimum atomic E-state index is -0.604. The second-order valence-electron chi connectivity index (χ2n) is 6.48. The number of carbonyl (C=O) groups is 2. The molecule has 0 radical (unpaired) electrons. The fraction of sp³-hybridized carbons (Fsp3) is 0.238. The molecule has 1 amide bonds. The van der Waals surface area contributed by atoms with Crippen molar-refractivity contribution in [2.24, 2.45) is 0 Å². The van der Waals surface area contributed by atoms with E-state index in [2.05, 4.69) is 10.1 Å². The minimum Gasteiger partial charge on any atom is -0.452 e. The number of rotatable bonds is 8. The van der Waals surface area contributed by atoms with Crippen molar-refractivity contribution in [3.63, 3.8) is 0 Å². The van der Waals surface area contributed by atoms with Crippen molar-refractivity contribution in [3.8, 4) is 0 Å². The highest BCUT2D eigenvalue weighted by Gasteiger charge is 2.17. The quantitative estimate of drug-likeness (QED) is 0.399. The number of likely N-dealkylation sites (N-methyl/N-ethyl adjacent to an activating group) is 1. The smallest absolute Gasteiger partial charge is 0.339 e. The number of ether oxygens (including phenoxy) is 1. The van der Waals surface area contributed by atoms with E-state index in [0.29, 0.717) is 33.5 Å². The maximum atomic E-state index is 13.3. The van der Waals surface area contributed by atoms with E-state index < -0.39 is 12.6 Å². The SMILES string of the molecule is Cc1noc(CSc2ccccc2C(=O)OCC(=O)N(C)Cc2cccc(F)c2)n1. The van der Waals surface area contributed by atoms with Gasteiger partial charge in [-0.15, -0.1) is 11.8 Å². The highest BCUT2D eigenvalue weighted by molar-refractivity contribution is 7.98. The van der Waals surface area contributed by atoms with Crippen LogP contribution in [-0.4, -0.2) is 40.6 Å². The molecular formula is C21H20FN3O4S. The number of carbonyl (C=O) groups excluding carboxylic acids is 2. The van der Waals surface area contributed by atoms with Crippen LogP contribution in [0.5, 0.6) is 0 Å². The Morgan fingerprint density at radius 2 is 2.00 bits per heavy atom. The maximum Gasteiger partial charge on any atom is 0.339 e. The summed E-state index contributed by atoms with van der Waals surface area (Å²) in [6, 6.07) is 12.9. The molecule has 0 saturated heterocycles. The van der Waals surface area contributed by atoms with E-state index in [1.54, 1.807) is 50.4 Å². The Labute approximate surface area is 177 Å². The minimum absolute atomic E-state index is 0.212. The average Bonchev–Trinajstić information content (AvgIpc) is 3.15. The lowest BCUT2D eigenvalue weighted by molar-refractivity contribution is -0.133. The Morgan fingerprint density at radius 1 is 1.20 bits per heavy atom. The van der Waals surface area contributed by atoms with Crippen LogP contribution in [0.15, 0.2) is 57.9 Å². The zero-order chi connectivity index (χ0) is 21.5. The number of hydrogen-bond donors (Lipinski definition) is 0. The molecule has 0 aliphatic carbocycles. The molecule has 9 heteroatoms. The van der Waals surface area contributed by atoms with Gasteiger partial charge in [-0.25, -0.2) is 9.18 Å². The first kappa shape index (κ1) is 21.5. The zero-order valence-electron chi connectivity index (χ0n) is 16.5. The third-order valence-corrected chi connectivity index (χ3v) is 5.15. The van der Waals surface area contributed by atoms with E-state index in [-0.39, 0.29) is 18.3 Å². The van der Waals surface area contributed by atoms with Gasteiger partial charge in [0.05, 0.1) is 11.3 Å². The molecule has 0 aliphatic heterocycles. The molecule has 0 bridgehead atoms. The van der Waals surface area contributed by atoms with Crippen LogP contribution in [0.3, 0.4) is 0 Å². The first-order valence-electron chi connectivity index (χ1n) is 9.09. The topological polar surface area (TPSA) is 85.5 Å². The molecule has 1 aromatic heterocycles. The van der Waals surface area contributed by atoms with Gasteiger partial charge in [0.2, 0.25) is 5.89 Å². The van der Waals surface area contributed by atoms with Gasteiger partial charge in [-0.3, -0.25) is 4.79 Å². The summed E-state index contributed by atoms with van der Waals surface area (Å²) in [7, 11) is 1.57. The number of nitrogens with zero attached hydrogens (tertiary/aromatic N) is 3. The van der Waals surface area contributed by atoms with Crippen LogP contribution in [0.4, 0.5) is 4.39 Å². The largest absolute Gasteiger partial charge is 0.452 e. The van der Waals surface area contributed by atoms with Gasteiger partial charge in [-0.05, 0) is 36.8 Å². The Hall–Kier alpha value is -3.20. The van der Waals surface area contributed by atoms with E-state index in [4.69, 9.17) is 9.26 Å². The van der Waals surface area contributed by atoms with Crippen LogP contribution in [0.1, 0.15) is 27.6 Å². The summed E-state index contributed by atoms with van der Waals surface area (Å²) >= 11 is 1.36. The molecule has 2 aromatic carbocycles. The van der Waals surface area contributed by atoms with Crippen molar-refractivity contribution in [1.82, 2.24) is 15.0 Å². The number of amides is 1. The molecule has 3 aromatic rings. The van der Waals surface area contributed by atoms with Gasteiger partial charge in [0, 0.05) is 18.5 Å². The number of aryl methyl sites for hydroxylation is 1. The number of benzene rings is 2. The average molecular weight is 429 g/mol. The Balaban J connectivity index is 1.55. The molecule has 0 fully saturated rings. The molecule has 0 unspecified atom stereocenters. The fourth-order valence-corrected chi connectivity index (χ4v) is 3.49. The first-order chi connectivity index (χ1) is 14.4. The lowest BCUT2D eigenvalue weighted by Gasteiger charge is -2.17. The van der Waals surface area contributed by atoms with Gasteiger partial charge in [-0.1, -0.05) is 29.4 Å². The summed E-state index contributed by atoms with van der Waals surface area (Å²) in [6.45, 7) is 1.53. The molecule has 30 heavy (non-hydrogen) atoms. The molecule has 0 saturated carbocycles. The standard InChI is InChI=1S/C21H20FN3O4S/c1-14-23-19(29-24-14)13-30-18-9-4-3-8-17(18)21(27)28-12-20(26)25(2)11-15-6-5-7-16(22)10-15/h3-10H,11-13H2,1-2H3. The van der Waals surface area contributed by atoms with Crippen molar-refractivity contribution in [1.29, 1.82) is 0 Å². The van der Waals surface area contributed by atoms with Crippen molar-refractivity contribution >= 4 is 23.6 Å². The summed E-state index contributed by atoms with van der Waals surface area (Å²) in [4.78, 5) is 31.0. The van der Waals surface area contributed by atoms with Gasteiger partial charge in [0.25, 0.3) is 5.91 Å². The zero-order valence-corrected chi connectivity index (χ0v) is 17.3. The van der Waals surface area contributed by atoms with Crippen molar-refractivity contribution in [2.45, 2.75) is 24.1 Å². The van der Waals surface area contributed by atoms with Crippen LogP contribution in [0, 0.1) is 12.7 Å². The monoisotopic (exact) mass is 429 g/mol.